The van der Waals surface area contributed by atoms with Crippen LogP contribution in [-0.4, -0.2) is 15.9 Å². The molecule has 0 atom stereocenters. The van der Waals surface area contributed by atoms with Crippen LogP contribution in [0.2, 0.25) is 5.02 Å². The summed E-state index contributed by atoms with van der Waals surface area (Å²) in [4.78, 5) is 19.3. The minimum Gasteiger partial charge on any atom is -0.382 e. The third-order valence-electron chi connectivity index (χ3n) is 2.06. The lowest BCUT2D eigenvalue weighted by molar-refractivity contribution is 0.102. The Morgan fingerprint density at radius 1 is 1.39 bits per heavy atom. The van der Waals surface area contributed by atoms with Crippen LogP contribution in [0.4, 0.5) is 15.9 Å². The summed E-state index contributed by atoms with van der Waals surface area (Å²) in [5, 5.41) is 2.44. The van der Waals surface area contributed by atoms with E-state index in [-0.39, 0.29) is 22.2 Å². The van der Waals surface area contributed by atoms with Crippen LogP contribution in [0.1, 0.15) is 10.5 Å². The van der Waals surface area contributed by atoms with Gasteiger partial charge in [-0.05, 0) is 18.2 Å². The third kappa shape index (κ3) is 2.72. The van der Waals surface area contributed by atoms with Crippen molar-refractivity contribution in [2.45, 2.75) is 0 Å². The van der Waals surface area contributed by atoms with Crippen molar-refractivity contribution in [1.29, 1.82) is 0 Å². The van der Waals surface area contributed by atoms with Gasteiger partial charge >= 0.3 is 0 Å². The zero-order chi connectivity index (χ0) is 13.1. The monoisotopic (exact) mass is 266 g/mol. The molecule has 1 aromatic heterocycles. The van der Waals surface area contributed by atoms with Gasteiger partial charge < -0.3 is 11.1 Å². The molecule has 0 saturated heterocycles. The normalized spacial score (nSPS) is 10.1. The molecule has 3 N–H and O–H groups in total. The highest BCUT2D eigenvalue weighted by atomic mass is 35.5. The molecular formula is C11H8ClFN4O. The maximum atomic E-state index is 13.2. The molecule has 1 aromatic carbocycles. The van der Waals surface area contributed by atoms with Crippen molar-refractivity contribution in [3.63, 3.8) is 0 Å². The summed E-state index contributed by atoms with van der Waals surface area (Å²) in [6.45, 7) is 0. The Kier molecular flexibility index (Phi) is 3.38. The summed E-state index contributed by atoms with van der Waals surface area (Å²) in [5.41, 5.74) is 5.72. The number of nitrogen functional groups attached to an aromatic ring is 1. The van der Waals surface area contributed by atoms with Gasteiger partial charge in [-0.15, -0.1) is 0 Å². The van der Waals surface area contributed by atoms with Crippen LogP contribution in [0.15, 0.2) is 30.6 Å². The van der Waals surface area contributed by atoms with Crippen LogP contribution in [-0.2, 0) is 0 Å². The van der Waals surface area contributed by atoms with Gasteiger partial charge in [-0.1, -0.05) is 11.6 Å². The van der Waals surface area contributed by atoms with Gasteiger partial charge in [0.15, 0.2) is 0 Å². The number of halogens is 2. The van der Waals surface area contributed by atoms with E-state index in [1.54, 1.807) is 0 Å². The standard InChI is InChI=1S/C11H8ClFN4O/c12-7-2-1-6(3-8(7)13)16-11(18)9-4-15-5-10(14)17-9/h1-5H,(H2,14,17)(H,16,18). The Hall–Kier alpha value is -2.21. The van der Waals surface area contributed by atoms with E-state index in [2.05, 4.69) is 15.3 Å². The quantitative estimate of drug-likeness (QED) is 0.872. The first-order valence-corrected chi connectivity index (χ1v) is 5.28. The van der Waals surface area contributed by atoms with Crippen LogP contribution < -0.4 is 11.1 Å². The fourth-order valence-corrected chi connectivity index (χ4v) is 1.38. The first kappa shape index (κ1) is 12.3. The summed E-state index contributed by atoms with van der Waals surface area (Å²) < 4.78 is 13.2. The van der Waals surface area contributed by atoms with Crippen LogP contribution in [0.25, 0.3) is 0 Å². The molecule has 0 aliphatic carbocycles. The van der Waals surface area contributed by atoms with E-state index >= 15 is 0 Å². The number of nitrogens with one attached hydrogen (secondary N) is 1. The van der Waals surface area contributed by atoms with Gasteiger partial charge in [0, 0.05) is 5.69 Å². The van der Waals surface area contributed by atoms with Gasteiger partial charge in [-0.25, -0.2) is 9.37 Å². The molecule has 5 nitrogen and oxygen atoms in total. The molecule has 0 aliphatic heterocycles. The highest BCUT2D eigenvalue weighted by Crippen LogP contribution is 2.19. The first-order valence-electron chi connectivity index (χ1n) is 4.90. The number of benzene rings is 1. The summed E-state index contributed by atoms with van der Waals surface area (Å²) in [7, 11) is 0. The molecule has 92 valence electrons. The summed E-state index contributed by atoms with van der Waals surface area (Å²) in [6, 6.07) is 3.93. The van der Waals surface area contributed by atoms with E-state index < -0.39 is 11.7 Å². The topological polar surface area (TPSA) is 80.9 Å². The van der Waals surface area contributed by atoms with Crippen molar-refractivity contribution in [2.75, 3.05) is 11.1 Å². The number of carbonyl (C=O) groups excluding carboxylic acids is 1. The lowest BCUT2D eigenvalue weighted by atomic mass is 10.3. The number of amides is 1. The Labute approximate surface area is 107 Å². The smallest absolute Gasteiger partial charge is 0.275 e. The number of aromatic nitrogens is 2. The van der Waals surface area contributed by atoms with Crippen molar-refractivity contribution >= 4 is 29.0 Å². The van der Waals surface area contributed by atoms with Gasteiger partial charge in [-0.2, -0.15) is 0 Å². The second-order valence-corrected chi connectivity index (χ2v) is 3.82. The zero-order valence-electron chi connectivity index (χ0n) is 9.02. The second kappa shape index (κ2) is 4.97. The Morgan fingerprint density at radius 3 is 2.83 bits per heavy atom. The predicted octanol–water partition coefficient (Wildman–Crippen LogP) is 2.10. The number of hydrogen-bond donors (Lipinski definition) is 2. The van der Waals surface area contributed by atoms with Gasteiger partial charge in [0.05, 0.1) is 17.4 Å². The predicted molar refractivity (Wildman–Crippen MR) is 65.8 cm³/mol. The maximum Gasteiger partial charge on any atom is 0.275 e. The first-order chi connectivity index (χ1) is 8.56. The second-order valence-electron chi connectivity index (χ2n) is 3.41. The van der Waals surface area contributed by atoms with Crippen molar-refractivity contribution in [3.8, 4) is 0 Å². The molecule has 2 rings (SSSR count). The van der Waals surface area contributed by atoms with Crippen LogP contribution in [0.5, 0.6) is 0 Å². The number of nitrogens with zero attached hydrogens (tertiary/aromatic N) is 2. The number of hydrogen-bond acceptors (Lipinski definition) is 4. The van der Waals surface area contributed by atoms with E-state index in [0.29, 0.717) is 0 Å². The molecule has 0 unspecified atom stereocenters. The van der Waals surface area contributed by atoms with Crippen molar-refractivity contribution in [2.24, 2.45) is 0 Å². The lowest BCUT2D eigenvalue weighted by Crippen LogP contribution is -2.14. The van der Waals surface area contributed by atoms with Gasteiger partial charge in [0.2, 0.25) is 0 Å². The third-order valence-corrected chi connectivity index (χ3v) is 2.37. The number of carbonyl (C=O) groups is 1. The zero-order valence-corrected chi connectivity index (χ0v) is 9.78. The van der Waals surface area contributed by atoms with E-state index in [9.17, 15) is 9.18 Å². The minimum atomic E-state index is -0.617. The molecule has 0 aliphatic rings. The summed E-state index contributed by atoms with van der Waals surface area (Å²) >= 11 is 5.53. The average molecular weight is 267 g/mol. The molecule has 0 radical (unpaired) electrons. The molecule has 7 heteroatoms. The van der Waals surface area contributed by atoms with Crippen molar-refractivity contribution < 1.29 is 9.18 Å². The SMILES string of the molecule is Nc1cncc(C(=O)Nc2ccc(Cl)c(F)c2)n1. The fourth-order valence-electron chi connectivity index (χ4n) is 1.26. The molecular weight excluding hydrogens is 259 g/mol. The summed E-state index contributed by atoms with van der Waals surface area (Å²) in [5.74, 6) is -1.02. The molecule has 1 amide bonds. The van der Waals surface area contributed by atoms with Crippen molar-refractivity contribution in [1.82, 2.24) is 9.97 Å². The van der Waals surface area contributed by atoms with E-state index in [1.807, 2.05) is 0 Å². The van der Waals surface area contributed by atoms with E-state index in [1.165, 1.54) is 24.5 Å². The number of nitrogens with two attached hydrogens (primary N) is 1. The average Bonchev–Trinajstić information content (AvgIpc) is 2.34. The number of rotatable bonds is 2. The van der Waals surface area contributed by atoms with Crippen molar-refractivity contribution in [3.05, 3.63) is 47.1 Å². The van der Waals surface area contributed by atoms with Crippen LogP contribution in [0, 0.1) is 5.82 Å². The molecule has 18 heavy (non-hydrogen) atoms. The van der Waals surface area contributed by atoms with Gasteiger partial charge in [-0.3, -0.25) is 9.78 Å². The fraction of sp³-hybridized carbons (Fsp3) is 0. The maximum absolute atomic E-state index is 13.2. The molecule has 0 fully saturated rings. The van der Waals surface area contributed by atoms with Gasteiger partial charge in [0.25, 0.3) is 5.91 Å². The van der Waals surface area contributed by atoms with Gasteiger partial charge in [0.1, 0.15) is 17.3 Å². The number of anilines is 2. The highest BCUT2D eigenvalue weighted by Gasteiger charge is 2.09. The van der Waals surface area contributed by atoms with Crippen LogP contribution in [0.3, 0.4) is 0 Å². The minimum absolute atomic E-state index is 0.0169. The Morgan fingerprint density at radius 2 is 2.17 bits per heavy atom. The Balaban J connectivity index is 2.18. The lowest BCUT2D eigenvalue weighted by Gasteiger charge is -2.05. The van der Waals surface area contributed by atoms with E-state index in [4.69, 9.17) is 17.3 Å². The largest absolute Gasteiger partial charge is 0.382 e. The summed E-state index contributed by atoms with van der Waals surface area (Å²) in [6.07, 6.45) is 2.58. The van der Waals surface area contributed by atoms with E-state index in [0.717, 1.165) is 6.07 Å². The molecule has 0 spiro atoms. The molecule has 2 aromatic rings. The Bertz CT molecular complexity index is 605. The molecule has 0 saturated carbocycles. The molecule has 0 bridgehead atoms. The molecule has 1 heterocycles. The van der Waals surface area contributed by atoms with Crippen LogP contribution >= 0.6 is 11.6 Å². The highest BCUT2D eigenvalue weighted by molar-refractivity contribution is 6.30.